The molecule has 0 radical (unpaired) electrons. The lowest BCUT2D eigenvalue weighted by Crippen LogP contribution is -2.45. The first-order chi connectivity index (χ1) is 11.3. The van der Waals surface area contributed by atoms with E-state index in [0.29, 0.717) is 5.56 Å². The Kier molecular flexibility index (Phi) is 5.06. The number of nitriles is 1. The van der Waals surface area contributed by atoms with Crippen LogP contribution in [0.15, 0.2) is 54.6 Å². The smallest absolute Gasteiger partial charge is 0.230 e. The van der Waals surface area contributed by atoms with Crippen LogP contribution >= 0.6 is 0 Å². The van der Waals surface area contributed by atoms with E-state index in [-0.39, 0.29) is 12.5 Å². The minimum Gasteiger partial charge on any atom is -0.384 e. The van der Waals surface area contributed by atoms with Crippen molar-refractivity contribution in [2.75, 3.05) is 6.54 Å². The van der Waals surface area contributed by atoms with Crippen molar-refractivity contribution in [3.63, 3.8) is 0 Å². The first-order valence-electron chi connectivity index (χ1n) is 7.84. The SMILES string of the molecule is CC(O)(CNC(=O)C(C)(C)c1cccc(C#N)c1)c1ccccc1. The van der Waals surface area contributed by atoms with E-state index in [4.69, 9.17) is 5.26 Å². The van der Waals surface area contributed by atoms with Crippen LogP contribution in [0.25, 0.3) is 0 Å². The van der Waals surface area contributed by atoms with Crippen LogP contribution in [0.4, 0.5) is 0 Å². The van der Waals surface area contributed by atoms with E-state index in [1.54, 1.807) is 39.0 Å². The Morgan fingerprint density at radius 3 is 2.33 bits per heavy atom. The van der Waals surface area contributed by atoms with Gasteiger partial charge in [-0.25, -0.2) is 0 Å². The summed E-state index contributed by atoms with van der Waals surface area (Å²) in [4.78, 5) is 12.6. The molecule has 4 heteroatoms. The molecule has 1 unspecified atom stereocenters. The van der Waals surface area contributed by atoms with Crippen molar-refractivity contribution in [1.29, 1.82) is 5.26 Å². The highest BCUT2D eigenvalue weighted by Gasteiger charge is 2.32. The van der Waals surface area contributed by atoms with Crippen molar-refractivity contribution in [3.05, 3.63) is 71.3 Å². The largest absolute Gasteiger partial charge is 0.384 e. The maximum atomic E-state index is 12.6. The van der Waals surface area contributed by atoms with Crippen molar-refractivity contribution in [2.24, 2.45) is 0 Å². The number of aliphatic hydroxyl groups is 1. The van der Waals surface area contributed by atoms with Gasteiger partial charge >= 0.3 is 0 Å². The second-order valence-electron chi connectivity index (χ2n) is 6.64. The zero-order valence-corrected chi connectivity index (χ0v) is 14.2. The molecular weight excluding hydrogens is 300 g/mol. The summed E-state index contributed by atoms with van der Waals surface area (Å²) in [7, 11) is 0. The van der Waals surface area contributed by atoms with Gasteiger partial charge in [-0.05, 0) is 44.0 Å². The number of nitrogens with one attached hydrogen (secondary N) is 1. The number of hydrogen-bond donors (Lipinski definition) is 2. The van der Waals surface area contributed by atoms with Gasteiger partial charge in [0.25, 0.3) is 0 Å². The van der Waals surface area contributed by atoms with Crippen LogP contribution in [-0.4, -0.2) is 17.6 Å². The van der Waals surface area contributed by atoms with Gasteiger partial charge in [-0.15, -0.1) is 0 Å². The predicted molar refractivity (Wildman–Crippen MR) is 93.2 cm³/mol. The Balaban J connectivity index is 2.12. The third-order valence-electron chi connectivity index (χ3n) is 4.27. The fourth-order valence-electron chi connectivity index (χ4n) is 2.48. The maximum Gasteiger partial charge on any atom is 0.230 e. The van der Waals surface area contributed by atoms with E-state index < -0.39 is 11.0 Å². The van der Waals surface area contributed by atoms with Crippen LogP contribution in [0, 0.1) is 11.3 Å². The topological polar surface area (TPSA) is 73.1 Å². The normalized spacial score (nSPS) is 13.6. The Hall–Kier alpha value is -2.64. The zero-order chi connectivity index (χ0) is 17.8. The van der Waals surface area contributed by atoms with Crippen molar-refractivity contribution in [3.8, 4) is 6.07 Å². The molecule has 24 heavy (non-hydrogen) atoms. The molecule has 2 rings (SSSR count). The summed E-state index contributed by atoms with van der Waals surface area (Å²) in [5.74, 6) is -0.200. The number of rotatable bonds is 5. The van der Waals surface area contributed by atoms with E-state index >= 15 is 0 Å². The molecule has 2 N–H and O–H groups in total. The molecule has 124 valence electrons. The number of carbonyl (C=O) groups is 1. The highest BCUT2D eigenvalue weighted by molar-refractivity contribution is 5.87. The minimum absolute atomic E-state index is 0.108. The van der Waals surface area contributed by atoms with E-state index in [1.165, 1.54) is 0 Å². The third kappa shape index (κ3) is 3.81. The van der Waals surface area contributed by atoms with Gasteiger partial charge in [0.2, 0.25) is 5.91 Å². The van der Waals surface area contributed by atoms with E-state index in [9.17, 15) is 9.90 Å². The van der Waals surface area contributed by atoms with Crippen molar-refractivity contribution >= 4 is 5.91 Å². The number of benzene rings is 2. The molecule has 0 aliphatic rings. The highest BCUT2D eigenvalue weighted by Crippen LogP contribution is 2.25. The Morgan fingerprint density at radius 1 is 1.08 bits per heavy atom. The predicted octanol–water partition coefficient (Wildman–Crippen LogP) is 2.86. The molecule has 0 spiro atoms. The van der Waals surface area contributed by atoms with E-state index in [1.807, 2.05) is 36.4 Å². The molecule has 0 aliphatic carbocycles. The van der Waals surface area contributed by atoms with E-state index in [0.717, 1.165) is 11.1 Å². The second-order valence-corrected chi connectivity index (χ2v) is 6.64. The lowest BCUT2D eigenvalue weighted by Gasteiger charge is -2.29. The number of amides is 1. The number of nitrogens with zero attached hydrogens (tertiary/aromatic N) is 1. The van der Waals surface area contributed by atoms with Crippen LogP contribution in [0.3, 0.4) is 0 Å². The molecule has 0 fully saturated rings. The van der Waals surface area contributed by atoms with Gasteiger partial charge in [0.15, 0.2) is 0 Å². The summed E-state index contributed by atoms with van der Waals surface area (Å²) < 4.78 is 0. The average Bonchev–Trinajstić information content (AvgIpc) is 2.60. The highest BCUT2D eigenvalue weighted by atomic mass is 16.3. The number of hydrogen-bond acceptors (Lipinski definition) is 3. The van der Waals surface area contributed by atoms with Crippen LogP contribution in [0.1, 0.15) is 37.5 Å². The minimum atomic E-state index is -1.15. The summed E-state index contributed by atoms with van der Waals surface area (Å²) >= 11 is 0. The molecule has 1 amide bonds. The molecule has 1 atom stereocenters. The van der Waals surface area contributed by atoms with Crippen LogP contribution < -0.4 is 5.32 Å². The molecule has 4 nitrogen and oxygen atoms in total. The fraction of sp³-hybridized carbons (Fsp3) is 0.300. The molecule has 2 aromatic carbocycles. The zero-order valence-electron chi connectivity index (χ0n) is 14.2. The first-order valence-corrected chi connectivity index (χ1v) is 7.84. The monoisotopic (exact) mass is 322 g/mol. The molecule has 0 heterocycles. The Labute approximate surface area is 142 Å². The standard InChI is InChI=1S/C20H22N2O2/c1-19(2,17-11-7-8-15(12-17)13-21)18(23)22-14-20(3,24)16-9-5-4-6-10-16/h4-12,24H,14H2,1-3H3,(H,22,23). The fourth-order valence-corrected chi connectivity index (χ4v) is 2.48. The lowest BCUT2D eigenvalue weighted by atomic mass is 9.82. The van der Waals surface area contributed by atoms with E-state index in [2.05, 4.69) is 11.4 Å². The molecule has 0 aliphatic heterocycles. The van der Waals surface area contributed by atoms with Gasteiger partial charge in [-0.3, -0.25) is 4.79 Å². The second kappa shape index (κ2) is 6.86. The molecule has 0 aromatic heterocycles. The summed E-state index contributed by atoms with van der Waals surface area (Å²) in [5, 5.41) is 22.4. The summed E-state index contributed by atoms with van der Waals surface area (Å²) in [6.45, 7) is 5.38. The molecule has 0 saturated heterocycles. The summed E-state index contributed by atoms with van der Waals surface area (Å²) in [6.07, 6.45) is 0. The quantitative estimate of drug-likeness (QED) is 0.889. The molecule has 2 aromatic rings. The average molecular weight is 322 g/mol. The lowest BCUT2D eigenvalue weighted by molar-refractivity contribution is -0.126. The maximum absolute atomic E-state index is 12.6. The van der Waals surface area contributed by atoms with Gasteiger partial charge in [0, 0.05) is 0 Å². The van der Waals surface area contributed by atoms with Gasteiger partial charge in [-0.1, -0.05) is 42.5 Å². The van der Waals surface area contributed by atoms with Crippen molar-refractivity contribution < 1.29 is 9.90 Å². The van der Waals surface area contributed by atoms with Gasteiger partial charge in [-0.2, -0.15) is 5.26 Å². The molecule has 0 saturated carbocycles. The van der Waals surface area contributed by atoms with Gasteiger partial charge in [0.05, 0.1) is 23.6 Å². The third-order valence-corrected chi connectivity index (χ3v) is 4.27. The van der Waals surface area contributed by atoms with Crippen LogP contribution in [0.2, 0.25) is 0 Å². The Morgan fingerprint density at radius 2 is 1.71 bits per heavy atom. The van der Waals surface area contributed by atoms with Crippen LogP contribution in [0.5, 0.6) is 0 Å². The molecular formula is C20H22N2O2. The first kappa shape index (κ1) is 17.7. The Bertz CT molecular complexity index is 759. The van der Waals surface area contributed by atoms with Crippen molar-refractivity contribution in [2.45, 2.75) is 31.8 Å². The molecule has 0 bridgehead atoms. The van der Waals surface area contributed by atoms with Gasteiger partial charge in [0.1, 0.15) is 5.60 Å². The van der Waals surface area contributed by atoms with Crippen LogP contribution in [-0.2, 0) is 15.8 Å². The summed E-state index contributed by atoms with van der Waals surface area (Å²) in [5.41, 5.74) is 0.0684. The number of carbonyl (C=O) groups excluding carboxylic acids is 1. The summed E-state index contributed by atoms with van der Waals surface area (Å²) in [6, 6.07) is 18.3. The van der Waals surface area contributed by atoms with Gasteiger partial charge < -0.3 is 10.4 Å². The van der Waals surface area contributed by atoms with Crippen molar-refractivity contribution in [1.82, 2.24) is 5.32 Å².